The Kier molecular flexibility index (Phi) is 4.05. The molecule has 3 rings (SSSR count). The van der Waals surface area contributed by atoms with Crippen molar-refractivity contribution < 1.29 is 14.3 Å². The molecule has 118 valence electrons. The van der Waals surface area contributed by atoms with Crippen LogP contribution in [0.5, 0.6) is 5.75 Å². The molecule has 0 saturated carbocycles. The van der Waals surface area contributed by atoms with Crippen LogP contribution in [-0.4, -0.2) is 53.9 Å². The van der Waals surface area contributed by atoms with Crippen LogP contribution in [0.15, 0.2) is 24.3 Å². The molecule has 0 aliphatic carbocycles. The number of amides is 2. The predicted octanol–water partition coefficient (Wildman–Crippen LogP) is 1.45. The molecule has 0 radical (unpaired) electrons. The maximum atomic E-state index is 12.4. The molecule has 0 bridgehead atoms. The zero-order chi connectivity index (χ0) is 15.7. The maximum absolute atomic E-state index is 12.4. The van der Waals surface area contributed by atoms with Crippen LogP contribution in [0.1, 0.15) is 18.9 Å². The van der Waals surface area contributed by atoms with Crippen molar-refractivity contribution >= 4 is 11.8 Å². The molecule has 0 N–H and O–H groups in total. The van der Waals surface area contributed by atoms with E-state index in [0.29, 0.717) is 32.6 Å². The van der Waals surface area contributed by atoms with Crippen LogP contribution in [0.2, 0.25) is 0 Å². The van der Waals surface area contributed by atoms with E-state index in [-0.39, 0.29) is 23.8 Å². The highest BCUT2D eigenvalue weighted by Crippen LogP contribution is 2.24. The molecule has 2 amide bonds. The van der Waals surface area contributed by atoms with Gasteiger partial charge in [-0.25, -0.2) is 0 Å². The van der Waals surface area contributed by atoms with Gasteiger partial charge < -0.3 is 14.5 Å². The van der Waals surface area contributed by atoms with Crippen LogP contribution in [0, 0.1) is 12.8 Å². The fourth-order valence-electron chi connectivity index (χ4n) is 3.08. The molecular formula is C17H22N2O3. The molecule has 2 aliphatic rings. The molecule has 0 spiro atoms. The summed E-state index contributed by atoms with van der Waals surface area (Å²) >= 11 is 0. The van der Waals surface area contributed by atoms with Crippen molar-refractivity contribution in [2.75, 3.05) is 26.2 Å². The Morgan fingerprint density at radius 1 is 1.32 bits per heavy atom. The van der Waals surface area contributed by atoms with Gasteiger partial charge in [0.15, 0.2) is 0 Å². The minimum atomic E-state index is -0.174. The van der Waals surface area contributed by atoms with Gasteiger partial charge in [-0.05, 0) is 31.5 Å². The Bertz CT molecular complexity index is 581. The smallest absolute Gasteiger partial charge is 0.228 e. The molecule has 1 aromatic carbocycles. The molecule has 0 aromatic heterocycles. The van der Waals surface area contributed by atoms with Gasteiger partial charge in [0, 0.05) is 19.5 Å². The van der Waals surface area contributed by atoms with Crippen LogP contribution < -0.4 is 4.74 Å². The lowest BCUT2D eigenvalue weighted by Gasteiger charge is -2.40. The Labute approximate surface area is 130 Å². The summed E-state index contributed by atoms with van der Waals surface area (Å²) in [7, 11) is 0. The first-order chi connectivity index (χ1) is 10.6. The minimum absolute atomic E-state index is 0.0603. The van der Waals surface area contributed by atoms with Crippen LogP contribution in [0.3, 0.4) is 0 Å². The Morgan fingerprint density at radius 3 is 2.73 bits per heavy atom. The summed E-state index contributed by atoms with van der Waals surface area (Å²) in [6, 6.07) is 7.93. The Morgan fingerprint density at radius 2 is 2.09 bits per heavy atom. The van der Waals surface area contributed by atoms with Gasteiger partial charge >= 0.3 is 0 Å². The van der Waals surface area contributed by atoms with Crippen LogP contribution >= 0.6 is 0 Å². The Hall–Kier alpha value is -2.04. The van der Waals surface area contributed by atoms with Crippen molar-refractivity contribution in [3.05, 3.63) is 29.8 Å². The van der Waals surface area contributed by atoms with Gasteiger partial charge in [0.05, 0.1) is 19.0 Å². The van der Waals surface area contributed by atoms with Crippen molar-refractivity contribution in [2.24, 2.45) is 5.92 Å². The molecule has 2 saturated heterocycles. The van der Waals surface area contributed by atoms with E-state index in [0.717, 1.165) is 11.3 Å². The quantitative estimate of drug-likeness (QED) is 0.846. The summed E-state index contributed by atoms with van der Waals surface area (Å²) in [4.78, 5) is 27.7. The third-order valence-corrected chi connectivity index (χ3v) is 4.40. The topological polar surface area (TPSA) is 49.9 Å². The van der Waals surface area contributed by atoms with E-state index in [1.165, 1.54) is 0 Å². The van der Waals surface area contributed by atoms with E-state index in [2.05, 4.69) is 0 Å². The number of nitrogens with zero attached hydrogens (tertiary/aromatic N) is 2. The fourth-order valence-corrected chi connectivity index (χ4v) is 3.08. The van der Waals surface area contributed by atoms with Crippen LogP contribution in [0.4, 0.5) is 0 Å². The molecule has 22 heavy (non-hydrogen) atoms. The van der Waals surface area contributed by atoms with Crippen molar-refractivity contribution in [1.29, 1.82) is 0 Å². The maximum Gasteiger partial charge on any atom is 0.228 e. The molecule has 5 nitrogen and oxygen atoms in total. The SMILES string of the molecule is CCN1CC(C(=O)N2CC(Oc3cccc(C)c3)C2)CC1=O. The number of carbonyl (C=O) groups excluding carboxylic acids is 2. The zero-order valence-corrected chi connectivity index (χ0v) is 13.1. The van der Waals surface area contributed by atoms with Crippen molar-refractivity contribution in [3.8, 4) is 5.75 Å². The Balaban J connectivity index is 1.49. The van der Waals surface area contributed by atoms with Gasteiger partial charge in [0.1, 0.15) is 11.9 Å². The molecule has 1 unspecified atom stereocenters. The summed E-state index contributed by atoms with van der Waals surface area (Å²) in [5.74, 6) is 0.861. The molecule has 2 heterocycles. The third kappa shape index (κ3) is 2.93. The number of hydrogen-bond acceptors (Lipinski definition) is 3. The highest BCUT2D eigenvalue weighted by atomic mass is 16.5. The molecular weight excluding hydrogens is 280 g/mol. The zero-order valence-electron chi connectivity index (χ0n) is 13.1. The van der Waals surface area contributed by atoms with Gasteiger partial charge in [-0.3, -0.25) is 9.59 Å². The van der Waals surface area contributed by atoms with Gasteiger partial charge in [0.25, 0.3) is 0 Å². The van der Waals surface area contributed by atoms with Crippen LogP contribution in [-0.2, 0) is 9.59 Å². The first-order valence-corrected chi connectivity index (χ1v) is 7.86. The molecule has 1 aromatic rings. The van der Waals surface area contributed by atoms with Crippen molar-refractivity contribution in [1.82, 2.24) is 9.80 Å². The summed E-state index contributed by atoms with van der Waals surface area (Å²) in [5, 5.41) is 0. The van der Waals surface area contributed by atoms with E-state index < -0.39 is 0 Å². The number of likely N-dealkylation sites (tertiary alicyclic amines) is 2. The van der Waals surface area contributed by atoms with Crippen molar-refractivity contribution in [2.45, 2.75) is 26.4 Å². The lowest BCUT2D eigenvalue weighted by Crippen LogP contribution is -2.57. The number of ether oxygens (including phenoxy) is 1. The number of rotatable bonds is 4. The average Bonchev–Trinajstić information content (AvgIpc) is 2.83. The number of carbonyl (C=O) groups is 2. The van der Waals surface area contributed by atoms with E-state index in [1.54, 1.807) is 9.80 Å². The fraction of sp³-hybridized carbons (Fsp3) is 0.529. The number of hydrogen-bond donors (Lipinski definition) is 0. The third-order valence-electron chi connectivity index (χ3n) is 4.40. The highest BCUT2D eigenvalue weighted by Gasteiger charge is 2.40. The molecule has 2 aliphatic heterocycles. The van der Waals surface area contributed by atoms with Gasteiger partial charge in [-0.2, -0.15) is 0 Å². The van der Waals surface area contributed by atoms with Gasteiger partial charge in [-0.15, -0.1) is 0 Å². The normalized spacial score (nSPS) is 21.9. The first-order valence-electron chi connectivity index (χ1n) is 7.86. The summed E-state index contributed by atoms with van der Waals surface area (Å²) in [6.07, 6.45) is 0.414. The predicted molar refractivity (Wildman–Crippen MR) is 82.5 cm³/mol. The second-order valence-corrected chi connectivity index (χ2v) is 6.13. The lowest BCUT2D eigenvalue weighted by atomic mass is 10.0. The largest absolute Gasteiger partial charge is 0.487 e. The summed E-state index contributed by atoms with van der Waals surface area (Å²) in [6.45, 7) is 6.45. The average molecular weight is 302 g/mol. The van der Waals surface area contributed by atoms with Crippen LogP contribution in [0.25, 0.3) is 0 Å². The van der Waals surface area contributed by atoms with Gasteiger partial charge in [0.2, 0.25) is 11.8 Å². The van der Waals surface area contributed by atoms with Crippen molar-refractivity contribution in [3.63, 3.8) is 0 Å². The van der Waals surface area contributed by atoms with E-state index in [9.17, 15) is 9.59 Å². The first kappa shape index (κ1) is 14.9. The van der Waals surface area contributed by atoms with E-state index >= 15 is 0 Å². The van der Waals surface area contributed by atoms with Gasteiger partial charge in [-0.1, -0.05) is 12.1 Å². The standard InChI is InChI=1S/C17H22N2O3/c1-3-18-9-13(8-16(18)20)17(21)19-10-15(11-19)22-14-6-4-5-12(2)7-14/h4-7,13,15H,3,8-11H2,1-2H3. The second kappa shape index (κ2) is 5.99. The summed E-state index contributed by atoms with van der Waals surface area (Å²) < 4.78 is 5.87. The number of aryl methyl sites for hydroxylation is 1. The lowest BCUT2D eigenvalue weighted by molar-refractivity contribution is -0.144. The minimum Gasteiger partial charge on any atom is -0.487 e. The summed E-state index contributed by atoms with van der Waals surface area (Å²) in [5.41, 5.74) is 1.16. The molecule has 2 fully saturated rings. The van der Waals surface area contributed by atoms with E-state index in [1.807, 2.05) is 38.1 Å². The van der Waals surface area contributed by atoms with E-state index in [4.69, 9.17) is 4.74 Å². The molecule has 5 heteroatoms. The number of benzene rings is 1. The second-order valence-electron chi connectivity index (χ2n) is 6.13. The molecule has 1 atom stereocenters. The highest BCUT2D eigenvalue weighted by molar-refractivity contribution is 5.89. The monoisotopic (exact) mass is 302 g/mol.